The quantitative estimate of drug-likeness (QED) is 0.0261. The van der Waals surface area contributed by atoms with E-state index in [2.05, 4.69) is 153 Å². The summed E-state index contributed by atoms with van der Waals surface area (Å²) in [5.41, 5.74) is 0. The summed E-state index contributed by atoms with van der Waals surface area (Å²) >= 11 is 0. The van der Waals surface area contributed by atoms with Crippen LogP contribution >= 0.6 is 0 Å². The smallest absolute Gasteiger partial charge is 0.220 e. The molecule has 0 spiro atoms. The highest BCUT2D eigenvalue weighted by atomic mass is 16.7. The number of ether oxygens (including phenoxy) is 2. The van der Waals surface area contributed by atoms with E-state index in [0.717, 1.165) is 128 Å². The highest BCUT2D eigenvalue weighted by Gasteiger charge is 2.44. The second-order valence-corrected chi connectivity index (χ2v) is 24.6. The average molecular weight is 1240 g/mol. The van der Waals surface area contributed by atoms with Crippen LogP contribution in [0, 0.1) is 0 Å². The Morgan fingerprint density at radius 2 is 0.708 bits per heavy atom. The molecule has 0 aromatic rings. The summed E-state index contributed by atoms with van der Waals surface area (Å²) < 4.78 is 11.3. The fourth-order valence-corrected chi connectivity index (χ4v) is 10.7. The maximum Gasteiger partial charge on any atom is 0.220 e. The summed E-state index contributed by atoms with van der Waals surface area (Å²) in [5.74, 6) is -0.205. The van der Waals surface area contributed by atoms with Crippen LogP contribution in [0.1, 0.15) is 296 Å². The summed E-state index contributed by atoms with van der Waals surface area (Å²) in [6.07, 6.45) is 96.7. The second-order valence-electron chi connectivity index (χ2n) is 24.6. The van der Waals surface area contributed by atoms with Crippen LogP contribution < -0.4 is 5.32 Å². The average Bonchev–Trinajstić information content (AvgIpc) is 2.28. The molecule has 7 atom stereocenters. The zero-order valence-electron chi connectivity index (χ0n) is 56.9. The minimum atomic E-state index is -1.59. The Morgan fingerprint density at radius 3 is 1.08 bits per heavy atom. The predicted molar refractivity (Wildman–Crippen MR) is 382 cm³/mol. The van der Waals surface area contributed by atoms with Crippen LogP contribution in [0.5, 0.6) is 0 Å². The van der Waals surface area contributed by atoms with Gasteiger partial charge in [0.05, 0.1) is 25.4 Å². The van der Waals surface area contributed by atoms with Crippen LogP contribution in [0.3, 0.4) is 0 Å². The molecule has 0 aromatic carbocycles. The summed E-state index contributed by atoms with van der Waals surface area (Å²) in [7, 11) is 0. The van der Waals surface area contributed by atoms with Crippen molar-refractivity contribution in [1.82, 2.24) is 5.32 Å². The molecule has 0 bridgehead atoms. The first-order valence-electron chi connectivity index (χ1n) is 36.6. The summed E-state index contributed by atoms with van der Waals surface area (Å²) in [6.45, 7) is 3.66. The van der Waals surface area contributed by atoms with Crippen LogP contribution in [0.2, 0.25) is 0 Å². The van der Waals surface area contributed by atoms with E-state index in [1.54, 1.807) is 6.08 Å². The highest BCUT2D eigenvalue weighted by molar-refractivity contribution is 5.76. The van der Waals surface area contributed by atoms with E-state index in [9.17, 15) is 30.3 Å². The molecule has 0 aromatic heterocycles. The van der Waals surface area contributed by atoms with Crippen molar-refractivity contribution in [2.75, 3.05) is 13.2 Å². The van der Waals surface area contributed by atoms with Crippen molar-refractivity contribution in [1.29, 1.82) is 0 Å². The molecular formula is C80H135NO8. The lowest BCUT2D eigenvalue weighted by Gasteiger charge is -2.40. The minimum absolute atomic E-state index is 0.205. The maximum absolute atomic E-state index is 13.1. The van der Waals surface area contributed by atoms with Crippen molar-refractivity contribution < 1.29 is 39.8 Å². The van der Waals surface area contributed by atoms with Gasteiger partial charge in [0.2, 0.25) is 5.91 Å². The Balaban J connectivity index is 2.19. The Bertz CT molecular complexity index is 1920. The molecule has 508 valence electrons. The number of rotatable bonds is 62. The molecule has 1 rings (SSSR count). The monoisotopic (exact) mass is 1240 g/mol. The SMILES string of the molecule is CC/C=C\C/C=C\C/C=C\C/C=C\C/C=C\C/C=C\C/C=C\C/C=C\C/C=C\C/C=C\CCCCCCCCC(=O)NC(COC1OC(CO)C(O)C(O)C1O)C(O)/C=C/CC/C=C/CCCCCCCCCCCCCCCCCCCCCCCCC. The van der Waals surface area contributed by atoms with E-state index in [1.807, 2.05) is 6.08 Å². The molecule has 1 amide bonds. The van der Waals surface area contributed by atoms with Gasteiger partial charge in [0.25, 0.3) is 0 Å². The van der Waals surface area contributed by atoms with E-state index in [4.69, 9.17) is 9.47 Å². The summed E-state index contributed by atoms with van der Waals surface area (Å²) in [5, 5.41) is 54.8. The Morgan fingerprint density at radius 1 is 0.393 bits per heavy atom. The van der Waals surface area contributed by atoms with Gasteiger partial charge < -0.3 is 40.3 Å². The third kappa shape index (κ3) is 55.4. The largest absolute Gasteiger partial charge is 0.394 e. The fourth-order valence-electron chi connectivity index (χ4n) is 10.7. The number of amides is 1. The van der Waals surface area contributed by atoms with Gasteiger partial charge in [0.1, 0.15) is 24.4 Å². The molecule has 1 saturated heterocycles. The number of hydrogen-bond acceptors (Lipinski definition) is 8. The third-order valence-electron chi connectivity index (χ3n) is 16.4. The number of nitrogens with one attached hydrogen (secondary N) is 1. The number of unbranched alkanes of at least 4 members (excludes halogenated alkanes) is 30. The first-order valence-corrected chi connectivity index (χ1v) is 36.6. The van der Waals surface area contributed by atoms with Crippen LogP contribution in [-0.4, -0.2) is 87.5 Å². The first kappa shape index (κ1) is 83.1. The van der Waals surface area contributed by atoms with E-state index in [0.29, 0.717) is 6.42 Å². The van der Waals surface area contributed by atoms with Crippen molar-refractivity contribution in [3.8, 4) is 0 Å². The molecule has 0 radical (unpaired) electrons. The van der Waals surface area contributed by atoms with Gasteiger partial charge in [0.15, 0.2) is 6.29 Å². The molecule has 1 fully saturated rings. The zero-order valence-corrected chi connectivity index (χ0v) is 56.9. The van der Waals surface area contributed by atoms with Crippen molar-refractivity contribution in [3.63, 3.8) is 0 Å². The predicted octanol–water partition coefficient (Wildman–Crippen LogP) is 20.5. The van der Waals surface area contributed by atoms with Crippen LogP contribution in [0.4, 0.5) is 0 Å². The van der Waals surface area contributed by atoms with Crippen LogP contribution in [-0.2, 0) is 14.3 Å². The number of aliphatic hydroxyl groups excluding tert-OH is 5. The molecule has 0 aliphatic carbocycles. The third-order valence-corrected chi connectivity index (χ3v) is 16.4. The fraction of sp³-hybridized carbons (Fsp3) is 0.688. The van der Waals surface area contributed by atoms with E-state index < -0.39 is 49.5 Å². The Hall–Kier alpha value is -3.93. The molecule has 1 aliphatic heterocycles. The number of aliphatic hydroxyl groups is 5. The highest BCUT2D eigenvalue weighted by Crippen LogP contribution is 2.23. The number of carbonyl (C=O) groups excluding carboxylic acids is 1. The molecule has 7 unspecified atom stereocenters. The van der Waals surface area contributed by atoms with E-state index in [-0.39, 0.29) is 12.5 Å². The Kier molecular flexibility index (Phi) is 62.5. The van der Waals surface area contributed by atoms with E-state index in [1.165, 1.54) is 148 Å². The minimum Gasteiger partial charge on any atom is -0.394 e. The van der Waals surface area contributed by atoms with Crippen molar-refractivity contribution >= 4 is 5.91 Å². The van der Waals surface area contributed by atoms with Crippen molar-refractivity contribution in [3.05, 3.63) is 146 Å². The Labute approximate surface area is 546 Å². The topological polar surface area (TPSA) is 149 Å². The molecular weight excluding hydrogens is 1100 g/mol. The molecule has 1 aliphatic rings. The van der Waals surface area contributed by atoms with Gasteiger partial charge in [-0.05, 0) is 109 Å². The molecule has 89 heavy (non-hydrogen) atoms. The summed E-state index contributed by atoms with van der Waals surface area (Å²) in [6, 6.07) is -0.843. The van der Waals surface area contributed by atoms with Crippen molar-refractivity contribution in [2.24, 2.45) is 0 Å². The van der Waals surface area contributed by atoms with Crippen LogP contribution in [0.15, 0.2) is 146 Å². The lowest BCUT2D eigenvalue weighted by atomic mass is 9.99. The number of carbonyl (C=O) groups is 1. The second kappa shape index (κ2) is 67.0. The number of allylic oxidation sites excluding steroid dienone is 23. The van der Waals surface area contributed by atoms with Gasteiger partial charge in [-0.2, -0.15) is 0 Å². The van der Waals surface area contributed by atoms with Gasteiger partial charge in [-0.15, -0.1) is 0 Å². The molecule has 9 heteroatoms. The maximum atomic E-state index is 13.1. The molecule has 0 saturated carbocycles. The van der Waals surface area contributed by atoms with Gasteiger partial charge >= 0.3 is 0 Å². The van der Waals surface area contributed by atoms with Gasteiger partial charge in [-0.3, -0.25) is 4.79 Å². The summed E-state index contributed by atoms with van der Waals surface area (Å²) in [4.78, 5) is 13.1. The van der Waals surface area contributed by atoms with Gasteiger partial charge in [0, 0.05) is 6.42 Å². The number of hydrogen-bond donors (Lipinski definition) is 6. The normalized spacial score (nSPS) is 18.8. The molecule has 9 nitrogen and oxygen atoms in total. The first-order chi connectivity index (χ1) is 43.8. The van der Waals surface area contributed by atoms with Gasteiger partial charge in [-0.1, -0.05) is 327 Å². The van der Waals surface area contributed by atoms with E-state index >= 15 is 0 Å². The zero-order chi connectivity index (χ0) is 64.2. The lowest BCUT2D eigenvalue weighted by Crippen LogP contribution is -2.60. The van der Waals surface area contributed by atoms with Crippen LogP contribution in [0.25, 0.3) is 0 Å². The standard InChI is InChI=1S/C80H135NO8/c1-3-5-7-9-11-13-15-17-19-21-23-25-27-29-31-33-34-35-36-37-38-39-40-42-44-46-48-50-52-54-56-58-60-62-64-66-68-70-76(84)81-73(72-88-80-79(87)78(86)77(85)75(71-82)89-80)74(83)69-67-65-63-61-59-57-55-53-51-49-47-45-43-41-32-30-28-26-24-22-20-18-16-14-12-10-8-6-4-2/h5,7,11,13,17,19,23,25,29,31,34-35,37-38,40,42,46,48,52,54,59,61,67,69,73-75,77-80,82-83,85-87H,3-4,6,8-10,12,14-16,18,20-22,24,26-28,30,32-33,36,39,41,43-45,47,49-51,53,55-58,60,62-66,68,70-72H2,1-2H3,(H,81,84)/b7-5-,13-11-,19-17-,25-23-,31-29-,35-34-,38-37-,42-40-,48-46-,54-52-,61-59+,69-67+. The lowest BCUT2D eigenvalue weighted by molar-refractivity contribution is -0.302. The molecule has 1 heterocycles. The van der Waals surface area contributed by atoms with Crippen molar-refractivity contribution in [2.45, 2.75) is 339 Å². The van der Waals surface area contributed by atoms with Gasteiger partial charge in [-0.25, -0.2) is 0 Å². The molecule has 6 N–H and O–H groups in total.